The van der Waals surface area contributed by atoms with Crippen LogP contribution >= 0.6 is 0 Å². The Morgan fingerprint density at radius 3 is 1.62 bits per heavy atom. The van der Waals surface area contributed by atoms with Crippen LogP contribution in [0.5, 0.6) is 0 Å². The fraction of sp³-hybridized carbons (Fsp3) is 0.294. The highest BCUT2D eigenvalue weighted by Gasteiger charge is 2.37. The van der Waals surface area contributed by atoms with E-state index in [9.17, 15) is 44.0 Å². The lowest BCUT2D eigenvalue weighted by atomic mass is 10.2. The van der Waals surface area contributed by atoms with Crippen molar-refractivity contribution in [3.8, 4) is 0 Å². The largest absolute Gasteiger partial charge is 0.633 e. The first-order valence-electron chi connectivity index (χ1n) is 8.95. The number of quaternary nitrogens is 1. The fourth-order valence-corrected chi connectivity index (χ4v) is 3.38. The van der Waals surface area contributed by atoms with Crippen molar-refractivity contribution in [2.24, 2.45) is 0 Å². The zero-order valence-electron chi connectivity index (χ0n) is 17.0. The van der Waals surface area contributed by atoms with Crippen molar-refractivity contribution in [3.05, 3.63) is 83.6 Å². The Kier molecular flexibility index (Phi) is 8.84. The minimum atomic E-state index is -5.30. The Balaban J connectivity index is 0.000000343. The molecule has 2 aromatic carbocycles. The Hall–Kier alpha value is -3.53. The summed E-state index contributed by atoms with van der Waals surface area (Å²) in [4.78, 5) is 26.1. The highest BCUT2D eigenvalue weighted by molar-refractivity contribution is 7.86. The number of hydrogen-bond donors (Lipinski definition) is 1. The molecule has 0 aliphatic carbocycles. The molecule has 0 bridgehead atoms. The van der Waals surface area contributed by atoms with Crippen molar-refractivity contribution in [3.63, 3.8) is 0 Å². The van der Waals surface area contributed by atoms with Gasteiger partial charge in [0.15, 0.2) is 0 Å². The molecule has 32 heavy (non-hydrogen) atoms. The molecule has 14 nitrogen and oxygen atoms in total. The summed E-state index contributed by atoms with van der Waals surface area (Å²) in [6.07, 6.45) is 0. The summed E-state index contributed by atoms with van der Waals surface area (Å²) >= 11 is 0. The Bertz CT molecular complexity index is 1070. The first-order valence-corrected chi connectivity index (χ1v) is 10.4. The quantitative estimate of drug-likeness (QED) is 0.257. The van der Waals surface area contributed by atoms with Crippen molar-refractivity contribution >= 4 is 27.2 Å². The maximum atomic E-state index is 11.9. The number of non-ortho nitro benzene ring substituents is 1. The molecule has 2 rings (SSSR count). The van der Waals surface area contributed by atoms with E-state index in [1.165, 1.54) is 0 Å². The molecule has 0 atom stereocenters. The Morgan fingerprint density at radius 1 is 0.875 bits per heavy atom. The summed E-state index contributed by atoms with van der Waals surface area (Å²) in [6, 6.07) is 10.4. The molecule has 0 unspecified atom stereocenters. The second-order valence-electron chi connectivity index (χ2n) is 6.39. The monoisotopic (exact) mass is 472 g/mol. The zero-order chi connectivity index (χ0) is 24.7. The first kappa shape index (κ1) is 26.5. The van der Waals surface area contributed by atoms with Gasteiger partial charge in [0.25, 0.3) is 5.69 Å². The third-order valence-electron chi connectivity index (χ3n) is 4.36. The van der Waals surface area contributed by atoms with E-state index < -0.39 is 46.8 Å². The number of rotatable bonds is 8. The normalized spacial score (nSPS) is 11.2. The lowest BCUT2D eigenvalue weighted by molar-refractivity contribution is -0.890. The summed E-state index contributed by atoms with van der Waals surface area (Å²) in [6.45, 7) is 5.77. The van der Waals surface area contributed by atoms with Gasteiger partial charge in [-0.05, 0) is 13.8 Å². The van der Waals surface area contributed by atoms with Gasteiger partial charge in [-0.2, -0.15) is 8.42 Å². The Labute approximate surface area is 182 Å². The smallest absolute Gasteiger partial charge is 0.308 e. The minimum absolute atomic E-state index is 0.121. The third-order valence-corrected chi connectivity index (χ3v) is 5.30. The van der Waals surface area contributed by atoms with E-state index in [2.05, 4.69) is 0 Å². The maximum Gasteiger partial charge on any atom is 0.308 e. The van der Waals surface area contributed by atoms with Gasteiger partial charge in [0.2, 0.25) is 4.90 Å². The molecule has 0 fully saturated rings. The first-order chi connectivity index (χ1) is 14.8. The number of nitro groups is 3. The maximum absolute atomic E-state index is 11.9. The molecule has 1 N–H and O–H groups in total. The van der Waals surface area contributed by atoms with Gasteiger partial charge in [-0.25, -0.2) is 0 Å². The molecule has 0 radical (unpaired) electrons. The molecular weight excluding hydrogens is 452 g/mol. The number of nitro benzene ring substituents is 3. The van der Waals surface area contributed by atoms with Gasteiger partial charge in [-0.1, -0.05) is 30.3 Å². The van der Waals surface area contributed by atoms with E-state index in [1.54, 1.807) is 0 Å². The van der Waals surface area contributed by atoms with E-state index in [0.717, 1.165) is 5.56 Å². The summed E-state index contributed by atoms with van der Waals surface area (Å²) in [5.74, 6) is 0. The van der Waals surface area contributed by atoms with Crippen LogP contribution in [0, 0.1) is 35.6 Å². The molecule has 0 heterocycles. The molecule has 0 spiro atoms. The number of nitrogens with zero attached hydrogens (tertiary/aromatic N) is 4. The van der Waals surface area contributed by atoms with Gasteiger partial charge in [0.1, 0.15) is 6.54 Å². The average molecular weight is 472 g/mol. The molecule has 0 aliphatic heterocycles. The number of hydrogen-bond acceptors (Lipinski definition) is 9. The van der Waals surface area contributed by atoms with E-state index >= 15 is 0 Å². The van der Waals surface area contributed by atoms with Gasteiger partial charge in [-0.15, -0.1) is 0 Å². The topological polar surface area (TPSA) is 207 Å². The summed E-state index contributed by atoms with van der Waals surface area (Å²) in [5, 5.41) is 43.6. The summed E-state index contributed by atoms with van der Waals surface area (Å²) in [7, 11) is -5.30. The van der Waals surface area contributed by atoms with Crippen LogP contribution in [-0.2, 0) is 16.7 Å². The van der Waals surface area contributed by atoms with Crippen LogP contribution in [0.4, 0.5) is 17.1 Å². The van der Waals surface area contributed by atoms with Crippen LogP contribution in [-0.4, -0.2) is 45.5 Å². The van der Waals surface area contributed by atoms with E-state index in [4.69, 9.17) is 4.55 Å². The fourth-order valence-electron chi connectivity index (χ4n) is 2.59. The van der Waals surface area contributed by atoms with Crippen LogP contribution in [0.3, 0.4) is 0 Å². The van der Waals surface area contributed by atoms with E-state index in [-0.39, 0.29) is 16.8 Å². The number of benzene rings is 2. The highest BCUT2D eigenvalue weighted by Crippen LogP contribution is 2.36. The SMILES string of the molecule is CC[N+]([O-])(CC)Cc1ccccc1.O=[N+]([O-])c1cc([N+](=O)[O-])c(S(=O)(=O)O)c([N+](=O)[O-])c1. The van der Waals surface area contributed by atoms with Gasteiger partial charge in [0.05, 0.1) is 40.0 Å². The highest BCUT2D eigenvalue weighted by atomic mass is 32.2. The molecule has 0 saturated carbocycles. The Morgan fingerprint density at radius 2 is 1.31 bits per heavy atom. The van der Waals surface area contributed by atoms with Crippen LogP contribution < -0.4 is 0 Å². The molecule has 2 aromatic rings. The van der Waals surface area contributed by atoms with Crippen LogP contribution in [0.2, 0.25) is 0 Å². The lowest BCUT2D eigenvalue weighted by Gasteiger charge is -2.41. The van der Waals surface area contributed by atoms with E-state index in [1.807, 2.05) is 44.2 Å². The van der Waals surface area contributed by atoms with Gasteiger partial charge in [-0.3, -0.25) is 34.9 Å². The van der Waals surface area contributed by atoms with Gasteiger partial charge in [0, 0.05) is 5.56 Å². The third kappa shape index (κ3) is 7.02. The standard InChI is InChI=1S/C11H17NO.C6H3N3O9S/c1-3-12(13,4-2)10-11-8-6-5-7-9-11;10-7(11)3-1-4(8(12)13)6(19(16,17)18)5(2-3)9(14)15/h5-9H,3-4,10H2,1-2H3;1-2H,(H,16,17,18). The van der Waals surface area contributed by atoms with Crippen LogP contribution in [0.1, 0.15) is 19.4 Å². The molecular formula is C17H20N4O10S. The lowest BCUT2D eigenvalue weighted by Crippen LogP contribution is -2.40. The molecule has 0 saturated heterocycles. The van der Waals surface area contributed by atoms with Crippen molar-refractivity contribution in [1.29, 1.82) is 0 Å². The molecule has 0 amide bonds. The van der Waals surface area contributed by atoms with Crippen molar-refractivity contribution < 1.29 is 32.4 Å². The van der Waals surface area contributed by atoms with Crippen LogP contribution in [0.25, 0.3) is 0 Å². The van der Waals surface area contributed by atoms with Crippen LogP contribution in [0.15, 0.2) is 47.4 Å². The predicted octanol–water partition coefficient (Wildman–Crippen LogP) is 3.20. The molecule has 174 valence electrons. The van der Waals surface area contributed by atoms with Gasteiger partial charge >= 0.3 is 21.5 Å². The summed E-state index contributed by atoms with van der Waals surface area (Å²) < 4.78 is 30.5. The second kappa shape index (κ2) is 10.7. The average Bonchev–Trinajstić information content (AvgIpc) is 2.73. The van der Waals surface area contributed by atoms with E-state index in [0.29, 0.717) is 19.6 Å². The van der Waals surface area contributed by atoms with Crippen molar-refractivity contribution in [1.82, 2.24) is 0 Å². The molecule has 0 aromatic heterocycles. The second-order valence-corrected chi connectivity index (χ2v) is 7.75. The molecule has 15 heteroatoms. The van der Waals surface area contributed by atoms with Crippen molar-refractivity contribution in [2.45, 2.75) is 25.3 Å². The number of hydroxylamine groups is 3. The predicted molar refractivity (Wildman–Crippen MR) is 111 cm³/mol. The summed E-state index contributed by atoms with van der Waals surface area (Å²) in [5.41, 5.74) is -2.83. The van der Waals surface area contributed by atoms with Gasteiger partial charge < -0.3 is 9.85 Å². The minimum Gasteiger partial charge on any atom is -0.633 e. The molecule has 0 aliphatic rings. The zero-order valence-corrected chi connectivity index (χ0v) is 17.8. The van der Waals surface area contributed by atoms with Crippen molar-refractivity contribution in [2.75, 3.05) is 13.1 Å².